The second kappa shape index (κ2) is 10.6. The van der Waals surface area contributed by atoms with E-state index in [2.05, 4.69) is 5.32 Å². The van der Waals surface area contributed by atoms with Crippen LogP contribution in [0.3, 0.4) is 0 Å². The van der Waals surface area contributed by atoms with E-state index >= 15 is 0 Å². The van der Waals surface area contributed by atoms with Gasteiger partial charge in [-0.3, -0.25) is 4.79 Å². The lowest BCUT2D eigenvalue weighted by atomic mass is 10.1. The minimum atomic E-state index is -3.88. The van der Waals surface area contributed by atoms with Gasteiger partial charge in [0.15, 0.2) is 5.76 Å². The second-order valence-electron chi connectivity index (χ2n) is 8.37. The summed E-state index contributed by atoms with van der Waals surface area (Å²) in [6.07, 6.45) is 0. The Morgan fingerprint density at radius 2 is 1.61 bits per heavy atom. The van der Waals surface area contributed by atoms with Gasteiger partial charge in [-0.2, -0.15) is 0 Å². The quantitative estimate of drug-likeness (QED) is 0.231. The molecule has 38 heavy (non-hydrogen) atoms. The molecule has 0 atom stereocenters. The summed E-state index contributed by atoms with van der Waals surface area (Å²) in [5, 5.41) is 5.26. The third-order valence-electron chi connectivity index (χ3n) is 5.80. The van der Waals surface area contributed by atoms with Crippen molar-refractivity contribution in [2.45, 2.75) is 16.4 Å². The fourth-order valence-corrected chi connectivity index (χ4v) is 5.29. The van der Waals surface area contributed by atoms with Gasteiger partial charge in [0, 0.05) is 16.8 Å². The van der Waals surface area contributed by atoms with Crippen LogP contribution < -0.4 is 14.8 Å². The van der Waals surface area contributed by atoms with E-state index in [-0.39, 0.29) is 33.6 Å². The van der Waals surface area contributed by atoms with E-state index in [1.165, 1.54) is 55.6 Å². The Morgan fingerprint density at radius 1 is 0.842 bits per heavy atom. The molecule has 0 saturated heterocycles. The van der Waals surface area contributed by atoms with Crippen molar-refractivity contribution >= 4 is 43.8 Å². The molecule has 1 heterocycles. The first-order chi connectivity index (χ1) is 18.3. The highest BCUT2D eigenvalue weighted by molar-refractivity contribution is 7.91. The first-order valence-corrected chi connectivity index (χ1v) is 13.4. The second-order valence-corrected chi connectivity index (χ2v) is 10.8. The summed E-state index contributed by atoms with van der Waals surface area (Å²) in [5.74, 6) is 0.896. The SMILES string of the molecule is COc1cc(NC(=O)c2ccc(COc3ccc4ccccc4c3)o2)cc(S(=O)(=O)c2ccc(Cl)cc2)c1. The summed E-state index contributed by atoms with van der Waals surface area (Å²) in [6, 6.07) is 27.0. The number of methoxy groups -OCH3 is 1. The van der Waals surface area contributed by atoms with E-state index in [4.69, 9.17) is 25.5 Å². The largest absolute Gasteiger partial charge is 0.497 e. The zero-order valence-electron chi connectivity index (χ0n) is 20.2. The zero-order chi connectivity index (χ0) is 26.7. The highest BCUT2D eigenvalue weighted by Gasteiger charge is 2.21. The summed E-state index contributed by atoms with van der Waals surface area (Å²) in [7, 11) is -2.47. The van der Waals surface area contributed by atoms with Gasteiger partial charge in [0.25, 0.3) is 5.91 Å². The lowest BCUT2D eigenvalue weighted by Gasteiger charge is -2.11. The maximum absolute atomic E-state index is 13.1. The van der Waals surface area contributed by atoms with Crippen molar-refractivity contribution in [3.63, 3.8) is 0 Å². The Balaban J connectivity index is 1.30. The summed E-state index contributed by atoms with van der Waals surface area (Å²) in [5.41, 5.74) is 0.229. The number of hydrogen-bond acceptors (Lipinski definition) is 6. The minimum Gasteiger partial charge on any atom is -0.497 e. The van der Waals surface area contributed by atoms with Crippen molar-refractivity contribution in [2.75, 3.05) is 12.4 Å². The molecule has 0 spiro atoms. The average molecular weight is 548 g/mol. The van der Waals surface area contributed by atoms with E-state index in [0.717, 1.165) is 10.8 Å². The number of hydrogen-bond donors (Lipinski definition) is 1. The summed E-state index contributed by atoms with van der Waals surface area (Å²) in [6.45, 7) is 0.133. The number of rotatable bonds is 8. The number of carbonyl (C=O) groups is 1. The number of sulfone groups is 1. The van der Waals surface area contributed by atoms with E-state index in [0.29, 0.717) is 16.5 Å². The molecule has 1 aromatic heterocycles. The van der Waals surface area contributed by atoms with Gasteiger partial charge in [0.05, 0.1) is 16.9 Å². The maximum Gasteiger partial charge on any atom is 0.291 e. The molecule has 0 aliphatic rings. The van der Waals surface area contributed by atoms with Crippen molar-refractivity contribution in [1.29, 1.82) is 0 Å². The van der Waals surface area contributed by atoms with Crippen LogP contribution in [0.2, 0.25) is 5.02 Å². The maximum atomic E-state index is 13.1. The van der Waals surface area contributed by atoms with E-state index < -0.39 is 15.7 Å². The first kappa shape index (κ1) is 25.4. The Bertz CT molecular complexity index is 1730. The molecule has 0 bridgehead atoms. The van der Waals surface area contributed by atoms with Crippen molar-refractivity contribution in [2.24, 2.45) is 0 Å². The molecule has 0 fully saturated rings. The monoisotopic (exact) mass is 547 g/mol. The lowest BCUT2D eigenvalue weighted by molar-refractivity contribution is 0.0992. The molecule has 0 saturated carbocycles. The number of benzene rings is 4. The van der Waals surface area contributed by atoms with Crippen LogP contribution in [0.25, 0.3) is 10.8 Å². The fourth-order valence-electron chi connectivity index (χ4n) is 3.85. The van der Waals surface area contributed by atoms with Crippen molar-refractivity contribution in [3.8, 4) is 11.5 Å². The van der Waals surface area contributed by atoms with Gasteiger partial charge in [0.1, 0.15) is 23.9 Å². The smallest absolute Gasteiger partial charge is 0.291 e. The number of amides is 1. The fraction of sp³-hybridized carbons (Fsp3) is 0.0690. The van der Waals surface area contributed by atoms with Gasteiger partial charge in [-0.15, -0.1) is 0 Å². The highest BCUT2D eigenvalue weighted by atomic mass is 35.5. The molecule has 1 amide bonds. The molecule has 0 aliphatic carbocycles. The molecule has 5 aromatic rings. The van der Waals surface area contributed by atoms with Gasteiger partial charge >= 0.3 is 0 Å². The topological polar surface area (TPSA) is 94.8 Å². The number of halogens is 1. The van der Waals surface area contributed by atoms with Crippen molar-refractivity contribution < 1.29 is 27.1 Å². The Kier molecular flexibility index (Phi) is 7.09. The third kappa shape index (κ3) is 5.51. The Hall–Kier alpha value is -4.27. The molecule has 192 valence electrons. The highest BCUT2D eigenvalue weighted by Crippen LogP contribution is 2.29. The van der Waals surface area contributed by atoms with Gasteiger partial charge in [0.2, 0.25) is 9.84 Å². The van der Waals surface area contributed by atoms with Gasteiger partial charge in [-0.1, -0.05) is 41.9 Å². The van der Waals surface area contributed by atoms with Gasteiger partial charge < -0.3 is 19.2 Å². The molecule has 0 unspecified atom stereocenters. The minimum absolute atomic E-state index is 0.0432. The molecule has 0 radical (unpaired) electrons. The van der Waals surface area contributed by atoms with Gasteiger partial charge in [-0.05, 0) is 71.4 Å². The molecule has 1 N–H and O–H groups in total. The van der Waals surface area contributed by atoms with Crippen LogP contribution in [0.15, 0.2) is 111 Å². The standard InChI is InChI=1S/C29H22ClNO6S/c1-35-25-15-22(16-27(17-25)38(33,34)26-11-7-21(30)8-12-26)31-29(32)28-13-10-24(37-28)18-36-23-9-6-19-4-2-3-5-20(19)14-23/h2-17H,18H2,1H3,(H,31,32). The van der Waals surface area contributed by atoms with E-state index in [1.54, 1.807) is 6.07 Å². The predicted octanol–water partition coefficient (Wildman–Crippen LogP) is 6.76. The molecule has 0 aliphatic heterocycles. The van der Waals surface area contributed by atoms with E-state index in [9.17, 15) is 13.2 Å². The lowest BCUT2D eigenvalue weighted by Crippen LogP contribution is -2.12. The number of fused-ring (bicyclic) bond motifs is 1. The first-order valence-electron chi connectivity index (χ1n) is 11.5. The molecule has 9 heteroatoms. The number of nitrogens with one attached hydrogen (secondary N) is 1. The van der Waals surface area contributed by atoms with Crippen LogP contribution in [0.4, 0.5) is 5.69 Å². The van der Waals surface area contributed by atoms with Crippen molar-refractivity contribution in [3.05, 3.63) is 114 Å². The third-order valence-corrected chi connectivity index (χ3v) is 7.80. The summed E-state index contributed by atoms with van der Waals surface area (Å²) < 4.78 is 43.0. The molecule has 4 aromatic carbocycles. The zero-order valence-corrected chi connectivity index (χ0v) is 21.8. The van der Waals surface area contributed by atoms with Crippen LogP contribution in [-0.4, -0.2) is 21.4 Å². The number of anilines is 1. The van der Waals surface area contributed by atoms with Crippen molar-refractivity contribution in [1.82, 2.24) is 0 Å². The van der Waals surface area contributed by atoms with Crippen LogP contribution in [-0.2, 0) is 16.4 Å². The van der Waals surface area contributed by atoms with Crippen LogP contribution >= 0.6 is 11.6 Å². The average Bonchev–Trinajstić information content (AvgIpc) is 3.41. The normalized spacial score (nSPS) is 11.3. The van der Waals surface area contributed by atoms with Crippen LogP contribution in [0.1, 0.15) is 16.3 Å². The number of ether oxygens (including phenoxy) is 2. The molecule has 7 nitrogen and oxygen atoms in total. The van der Waals surface area contributed by atoms with Gasteiger partial charge in [-0.25, -0.2) is 8.42 Å². The molecule has 5 rings (SSSR count). The van der Waals surface area contributed by atoms with Crippen LogP contribution in [0.5, 0.6) is 11.5 Å². The number of furan rings is 1. The molecular weight excluding hydrogens is 526 g/mol. The van der Waals surface area contributed by atoms with Crippen LogP contribution in [0, 0.1) is 0 Å². The summed E-state index contributed by atoms with van der Waals surface area (Å²) in [4.78, 5) is 12.9. The Labute approximate surface area is 224 Å². The predicted molar refractivity (Wildman–Crippen MR) is 145 cm³/mol. The Morgan fingerprint density at radius 3 is 2.37 bits per heavy atom. The summed E-state index contributed by atoms with van der Waals surface area (Å²) >= 11 is 5.89. The number of carbonyl (C=O) groups excluding carboxylic acids is 1. The van der Waals surface area contributed by atoms with E-state index in [1.807, 2.05) is 42.5 Å². The molecular formula is C29H22ClNO6S.